The lowest BCUT2D eigenvalue weighted by Crippen LogP contribution is -2.32. The highest BCUT2D eigenvalue weighted by Crippen LogP contribution is 2.45. The van der Waals surface area contributed by atoms with Crippen LogP contribution >= 0.6 is 0 Å². The molecule has 0 amide bonds. The van der Waals surface area contributed by atoms with Crippen molar-refractivity contribution in [3.05, 3.63) is 11.6 Å². The first-order valence-electron chi connectivity index (χ1n) is 4.65. The molecule has 2 fully saturated rings. The van der Waals surface area contributed by atoms with E-state index in [1.165, 1.54) is 12.0 Å². The minimum absolute atomic E-state index is 0.306. The monoisotopic (exact) mass is 164 g/mol. The van der Waals surface area contributed by atoms with E-state index >= 15 is 0 Å². The van der Waals surface area contributed by atoms with Crippen molar-refractivity contribution in [1.82, 2.24) is 0 Å². The fourth-order valence-corrected chi connectivity index (χ4v) is 2.41. The van der Waals surface area contributed by atoms with E-state index in [9.17, 15) is 4.79 Å². The first-order chi connectivity index (χ1) is 5.84. The van der Waals surface area contributed by atoms with Crippen LogP contribution in [0.25, 0.3) is 0 Å². The number of ketones is 1. The van der Waals surface area contributed by atoms with E-state index in [4.69, 9.17) is 4.74 Å². The molecule has 0 bridgehead atoms. The van der Waals surface area contributed by atoms with E-state index in [1.807, 2.05) is 0 Å². The molecule has 0 aromatic rings. The summed E-state index contributed by atoms with van der Waals surface area (Å²) in [5, 5.41) is 0. The van der Waals surface area contributed by atoms with Gasteiger partial charge in [0.05, 0.1) is 13.2 Å². The second-order valence-corrected chi connectivity index (χ2v) is 4.14. The van der Waals surface area contributed by atoms with Crippen molar-refractivity contribution >= 4 is 5.78 Å². The third kappa shape index (κ3) is 0.761. The predicted octanol–water partition coefficient (Wildman–Crippen LogP) is 1.17. The molecule has 3 aliphatic rings. The lowest BCUT2D eigenvalue weighted by molar-refractivity contribution is -0.130. The van der Waals surface area contributed by atoms with E-state index in [-0.39, 0.29) is 0 Å². The van der Waals surface area contributed by atoms with Crippen molar-refractivity contribution in [3.8, 4) is 0 Å². The van der Waals surface area contributed by atoms with Gasteiger partial charge in [0.1, 0.15) is 5.78 Å². The Morgan fingerprint density at radius 3 is 2.67 bits per heavy atom. The molecule has 0 N–H and O–H groups in total. The Morgan fingerprint density at radius 1 is 1.33 bits per heavy atom. The summed E-state index contributed by atoms with van der Waals surface area (Å²) in [7, 11) is 0. The Labute approximate surface area is 71.6 Å². The maximum Gasteiger partial charge on any atom is 0.140 e. The molecular formula is C10H12O2. The Bertz CT molecular complexity index is 263. The van der Waals surface area contributed by atoms with E-state index < -0.39 is 0 Å². The highest BCUT2D eigenvalue weighted by atomic mass is 16.5. The number of rotatable bonds is 1. The van der Waals surface area contributed by atoms with Crippen LogP contribution in [0.5, 0.6) is 0 Å². The number of carbonyl (C=O) groups excluding carboxylic acids is 1. The smallest absolute Gasteiger partial charge is 0.140 e. The van der Waals surface area contributed by atoms with Crippen molar-refractivity contribution in [2.24, 2.45) is 17.8 Å². The number of ether oxygens (including phenoxy) is 1. The third-order valence-electron chi connectivity index (χ3n) is 3.40. The molecule has 2 unspecified atom stereocenters. The van der Waals surface area contributed by atoms with Gasteiger partial charge in [0, 0.05) is 18.3 Å². The first kappa shape index (κ1) is 6.84. The molecule has 1 saturated carbocycles. The van der Waals surface area contributed by atoms with Crippen molar-refractivity contribution in [2.45, 2.75) is 12.8 Å². The predicted molar refractivity (Wildman–Crippen MR) is 43.6 cm³/mol. The highest BCUT2D eigenvalue weighted by molar-refractivity contribution is 5.90. The van der Waals surface area contributed by atoms with Gasteiger partial charge in [0.15, 0.2) is 0 Å². The van der Waals surface area contributed by atoms with Gasteiger partial charge in [0.2, 0.25) is 0 Å². The fraction of sp³-hybridized carbons (Fsp3) is 0.700. The van der Waals surface area contributed by atoms with Gasteiger partial charge >= 0.3 is 0 Å². The van der Waals surface area contributed by atoms with Crippen molar-refractivity contribution in [3.63, 3.8) is 0 Å². The van der Waals surface area contributed by atoms with E-state index in [1.54, 1.807) is 0 Å². The number of carbonyl (C=O) groups is 1. The maximum atomic E-state index is 11.1. The second-order valence-electron chi connectivity index (χ2n) is 4.14. The Hall–Kier alpha value is -0.630. The van der Waals surface area contributed by atoms with Crippen LogP contribution in [0.2, 0.25) is 0 Å². The van der Waals surface area contributed by atoms with E-state index in [2.05, 4.69) is 6.08 Å². The molecule has 1 heterocycles. The molecule has 2 nitrogen and oxygen atoms in total. The molecule has 1 aliphatic heterocycles. The molecule has 0 spiro atoms. The van der Waals surface area contributed by atoms with Gasteiger partial charge in [-0.05, 0) is 12.3 Å². The lowest BCUT2D eigenvalue weighted by atomic mass is 9.74. The Morgan fingerprint density at radius 2 is 2.17 bits per heavy atom. The van der Waals surface area contributed by atoms with E-state index in [0.29, 0.717) is 23.5 Å². The molecule has 0 aromatic carbocycles. The second kappa shape index (κ2) is 2.19. The van der Waals surface area contributed by atoms with Crippen LogP contribution in [-0.4, -0.2) is 19.0 Å². The summed E-state index contributed by atoms with van der Waals surface area (Å²) in [4.78, 5) is 11.1. The van der Waals surface area contributed by atoms with Crippen molar-refractivity contribution < 1.29 is 9.53 Å². The van der Waals surface area contributed by atoms with E-state index in [0.717, 1.165) is 19.6 Å². The largest absolute Gasteiger partial charge is 0.380 e. The summed E-state index contributed by atoms with van der Waals surface area (Å²) >= 11 is 0. The zero-order valence-corrected chi connectivity index (χ0v) is 6.95. The van der Waals surface area contributed by atoms with Crippen LogP contribution < -0.4 is 0 Å². The summed E-state index contributed by atoms with van der Waals surface area (Å²) in [6.45, 7) is 1.78. The minimum Gasteiger partial charge on any atom is -0.380 e. The average Bonchev–Trinajstić information content (AvgIpc) is 2.24. The highest BCUT2D eigenvalue weighted by Gasteiger charge is 2.44. The number of hydrogen-bond acceptors (Lipinski definition) is 2. The number of fused-ring (bicyclic) bond motifs is 1. The number of allylic oxidation sites excluding steroid dienone is 1. The molecule has 64 valence electrons. The van der Waals surface area contributed by atoms with Gasteiger partial charge in [-0.2, -0.15) is 0 Å². The van der Waals surface area contributed by atoms with Crippen LogP contribution in [0.4, 0.5) is 0 Å². The Kier molecular flexibility index (Phi) is 1.25. The molecule has 12 heavy (non-hydrogen) atoms. The van der Waals surface area contributed by atoms with Gasteiger partial charge < -0.3 is 4.74 Å². The molecular weight excluding hydrogens is 152 g/mol. The maximum absolute atomic E-state index is 11.1. The summed E-state index contributed by atoms with van der Waals surface area (Å²) in [6.07, 6.45) is 4.21. The zero-order valence-electron chi connectivity index (χ0n) is 6.95. The van der Waals surface area contributed by atoms with Gasteiger partial charge in [-0.25, -0.2) is 0 Å². The van der Waals surface area contributed by atoms with Crippen LogP contribution in [-0.2, 0) is 9.53 Å². The quantitative estimate of drug-likeness (QED) is 0.544. The summed E-state index contributed by atoms with van der Waals surface area (Å²) < 4.78 is 5.14. The normalized spacial score (nSPS) is 40.0. The van der Waals surface area contributed by atoms with Gasteiger partial charge in [0.25, 0.3) is 0 Å². The molecule has 1 saturated heterocycles. The van der Waals surface area contributed by atoms with Crippen LogP contribution in [0.1, 0.15) is 12.8 Å². The zero-order chi connectivity index (χ0) is 8.13. The molecule has 2 heteroatoms. The molecule has 2 aliphatic carbocycles. The van der Waals surface area contributed by atoms with Crippen LogP contribution in [0.3, 0.4) is 0 Å². The van der Waals surface area contributed by atoms with Gasteiger partial charge in [-0.15, -0.1) is 0 Å². The van der Waals surface area contributed by atoms with Crippen molar-refractivity contribution in [2.75, 3.05) is 13.2 Å². The third-order valence-corrected chi connectivity index (χ3v) is 3.40. The standard InChI is InChI=1S/C10H12O2/c11-10-3-7-1-6(2-9(7)10)8-4-12-5-8/h2,7-9H,1,3-5H2. The first-order valence-corrected chi connectivity index (χ1v) is 4.65. The summed E-state index contributed by atoms with van der Waals surface area (Å²) in [5.74, 6) is 2.09. The van der Waals surface area contributed by atoms with Crippen LogP contribution in [0.15, 0.2) is 11.6 Å². The molecule has 0 aromatic heterocycles. The topological polar surface area (TPSA) is 26.3 Å². The van der Waals surface area contributed by atoms with Gasteiger partial charge in [-0.3, -0.25) is 4.79 Å². The van der Waals surface area contributed by atoms with Gasteiger partial charge in [-0.1, -0.05) is 11.6 Å². The SMILES string of the molecule is O=C1CC2CC(C3COC3)=CC12. The summed E-state index contributed by atoms with van der Waals surface area (Å²) in [5.41, 5.74) is 1.50. The average molecular weight is 164 g/mol. The fourth-order valence-electron chi connectivity index (χ4n) is 2.41. The number of hydrogen-bond donors (Lipinski definition) is 0. The summed E-state index contributed by atoms with van der Waals surface area (Å²) in [6, 6.07) is 0. The van der Waals surface area contributed by atoms with Crippen LogP contribution in [0, 0.1) is 17.8 Å². The van der Waals surface area contributed by atoms with Crippen molar-refractivity contribution in [1.29, 1.82) is 0 Å². The number of Topliss-reactive ketones (excluding diaryl/α,β-unsaturated/α-hetero) is 1. The molecule has 2 atom stereocenters. The Balaban J connectivity index is 1.77. The lowest BCUT2D eigenvalue weighted by Gasteiger charge is -2.29. The minimum atomic E-state index is 0.306. The molecule has 3 rings (SSSR count). The molecule has 0 radical (unpaired) electrons.